The SMILES string of the molecule is C=C(C)[C@H]1CC=C(C)CC1.c1ccc2ncncc2c1.c1ccncc1. The molecule has 0 bridgehead atoms. The number of benzene rings is 1. The number of hydrogen-bond acceptors (Lipinski definition) is 3. The van der Waals surface area contributed by atoms with Gasteiger partial charge in [0.25, 0.3) is 0 Å². The summed E-state index contributed by atoms with van der Waals surface area (Å²) >= 11 is 0. The molecule has 0 fully saturated rings. The Hall–Kier alpha value is -2.81. The van der Waals surface area contributed by atoms with E-state index in [9.17, 15) is 0 Å². The number of pyridine rings is 1. The Bertz CT molecular complexity index is 733. The quantitative estimate of drug-likeness (QED) is 0.506. The standard InChI is InChI=1S/C10H16.C8H6N2.C5H5N/c1-8(2)10-6-4-9(3)5-7-10;1-2-4-8-7(3-1)5-9-6-10-8;1-2-4-6-5-3-1/h4,10H,1,5-7H2,2-3H3;1-6H;1-5H/t10-;;/m0../s1. The van der Waals surface area contributed by atoms with Crippen LogP contribution < -0.4 is 0 Å². The minimum absolute atomic E-state index is 0.767. The van der Waals surface area contributed by atoms with Crippen LogP contribution in [0.2, 0.25) is 0 Å². The Morgan fingerprint density at radius 3 is 2.35 bits per heavy atom. The molecule has 1 atom stereocenters. The maximum atomic E-state index is 4.07. The van der Waals surface area contributed by atoms with Gasteiger partial charge >= 0.3 is 0 Å². The molecule has 1 aliphatic carbocycles. The summed E-state index contributed by atoms with van der Waals surface area (Å²) in [5, 5.41) is 1.09. The summed E-state index contributed by atoms with van der Waals surface area (Å²) in [6.45, 7) is 8.33. The fraction of sp³-hybridized carbons (Fsp3) is 0.261. The zero-order valence-corrected chi connectivity index (χ0v) is 15.7. The molecule has 3 heteroatoms. The molecule has 0 saturated carbocycles. The molecule has 0 radical (unpaired) electrons. The lowest BCUT2D eigenvalue weighted by Crippen LogP contribution is -2.04. The van der Waals surface area contributed by atoms with E-state index in [2.05, 4.69) is 41.5 Å². The predicted octanol–water partition coefficient (Wildman–Crippen LogP) is 6.02. The van der Waals surface area contributed by atoms with Crippen molar-refractivity contribution >= 4 is 10.9 Å². The lowest BCUT2D eigenvalue weighted by Gasteiger charge is -2.19. The Labute approximate surface area is 156 Å². The number of allylic oxidation sites excluding steroid dienone is 3. The number of para-hydroxylation sites is 1. The Morgan fingerprint density at radius 1 is 1.04 bits per heavy atom. The van der Waals surface area contributed by atoms with Crippen molar-refractivity contribution in [2.24, 2.45) is 5.92 Å². The van der Waals surface area contributed by atoms with Crippen LogP contribution in [0.5, 0.6) is 0 Å². The first-order valence-electron chi connectivity index (χ1n) is 8.97. The highest BCUT2D eigenvalue weighted by atomic mass is 14.8. The van der Waals surface area contributed by atoms with Gasteiger partial charge in [-0.25, -0.2) is 9.97 Å². The van der Waals surface area contributed by atoms with Gasteiger partial charge in [-0.15, -0.1) is 0 Å². The van der Waals surface area contributed by atoms with Gasteiger partial charge in [-0.1, -0.05) is 48.1 Å². The van der Waals surface area contributed by atoms with Crippen molar-refractivity contribution in [3.05, 3.63) is 91.2 Å². The van der Waals surface area contributed by atoms with E-state index >= 15 is 0 Å². The van der Waals surface area contributed by atoms with Gasteiger partial charge in [-0.2, -0.15) is 0 Å². The second-order valence-corrected chi connectivity index (χ2v) is 6.47. The van der Waals surface area contributed by atoms with Crippen molar-refractivity contribution in [3.8, 4) is 0 Å². The second-order valence-electron chi connectivity index (χ2n) is 6.47. The third-order valence-electron chi connectivity index (χ3n) is 4.32. The normalized spacial score (nSPS) is 15.6. The highest BCUT2D eigenvalue weighted by molar-refractivity contribution is 5.76. The molecule has 2 heterocycles. The molecule has 2 aromatic heterocycles. The third-order valence-corrected chi connectivity index (χ3v) is 4.32. The van der Waals surface area contributed by atoms with Gasteiger partial charge in [0.1, 0.15) is 6.33 Å². The van der Waals surface area contributed by atoms with Crippen LogP contribution in [0, 0.1) is 5.92 Å². The first-order chi connectivity index (χ1) is 12.7. The maximum absolute atomic E-state index is 4.07. The minimum atomic E-state index is 0.767. The molecule has 0 aliphatic heterocycles. The van der Waals surface area contributed by atoms with Crippen molar-refractivity contribution < 1.29 is 0 Å². The first kappa shape index (κ1) is 19.5. The average Bonchev–Trinajstić information content (AvgIpc) is 2.71. The second kappa shape index (κ2) is 10.9. The van der Waals surface area contributed by atoms with Crippen LogP contribution in [0.15, 0.2) is 91.2 Å². The van der Waals surface area contributed by atoms with E-state index in [4.69, 9.17) is 0 Å². The van der Waals surface area contributed by atoms with Crippen LogP contribution in [-0.4, -0.2) is 15.0 Å². The fourth-order valence-electron chi connectivity index (χ4n) is 2.65. The lowest BCUT2D eigenvalue weighted by atomic mass is 9.86. The first-order valence-corrected chi connectivity index (χ1v) is 8.97. The van der Waals surface area contributed by atoms with E-state index in [0.717, 1.165) is 16.8 Å². The molecular formula is C23H27N3. The van der Waals surface area contributed by atoms with Crippen molar-refractivity contribution in [2.75, 3.05) is 0 Å². The topological polar surface area (TPSA) is 38.7 Å². The Balaban J connectivity index is 0.000000145. The highest BCUT2D eigenvalue weighted by Gasteiger charge is 2.11. The number of nitrogens with zero attached hydrogens (tertiary/aromatic N) is 3. The van der Waals surface area contributed by atoms with Crippen molar-refractivity contribution in [1.29, 1.82) is 0 Å². The molecule has 0 unspecified atom stereocenters. The Morgan fingerprint density at radius 2 is 1.81 bits per heavy atom. The van der Waals surface area contributed by atoms with E-state index < -0.39 is 0 Å². The van der Waals surface area contributed by atoms with E-state index in [1.165, 1.54) is 24.8 Å². The third kappa shape index (κ3) is 6.98. The van der Waals surface area contributed by atoms with Crippen molar-refractivity contribution in [1.82, 2.24) is 15.0 Å². The van der Waals surface area contributed by atoms with Crippen molar-refractivity contribution in [3.63, 3.8) is 0 Å². The molecule has 1 aromatic carbocycles. The molecule has 0 amide bonds. The van der Waals surface area contributed by atoms with Crippen LogP contribution in [0.25, 0.3) is 10.9 Å². The van der Waals surface area contributed by atoms with Gasteiger partial charge < -0.3 is 0 Å². The van der Waals surface area contributed by atoms with Gasteiger partial charge in [-0.05, 0) is 57.2 Å². The summed E-state index contributed by atoms with van der Waals surface area (Å²) in [6.07, 6.45) is 13.0. The summed E-state index contributed by atoms with van der Waals surface area (Å²) < 4.78 is 0. The molecule has 0 spiro atoms. The number of aromatic nitrogens is 3. The van der Waals surface area contributed by atoms with Gasteiger partial charge in [0, 0.05) is 24.0 Å². The molecule has 0 N–H and O–H groups in total. The fourth-order valence-corrected chi connectivity index (χ4v) is 2.65. The van der Waals surface area contributed by atoms with Crippen LogP contribution in [-0.2, 0) is 0 Å². The number of rotatable bonds is 1. The average molecular weight is 345 g/mol. The zero-order chi connectivity index (χ0) is 18.6. The highest BCUT2D eigenvalue weighted by Crippen LogP contribution is 2.27. The molecule has 1 aliphatic rings. The van der Waals surface area contributed by atoms with Crippen molar-refractivity contribution in [2.45, 2.75) is 33.1 Å². The van der Waals surface area contributed by atoms with Gasteiger partial charge in [0.05, 0.1) is 5.52 Å². The molecule has 3 nitrogen and oxygen atoms in total. The largest absolute Gasteiger partial charge is 0.265 e. The summed E-state index contributed by atoms with van der Waals surface area (Å²) in [5.41, 5.74) is 3.90. The van der Waals surface area contributed by atoms with Gasteiger partial charge in [-0.3, -0.25) is 4.98 Å². The zero-order valence-electron chi connectivity index (χ0n) is 15.7. The smallest absolute Gasteiger partial charge is 0.116 e. The van der Waals surface area contributed by atoms with Gasteiger partial charge in [0.15, 0.2) is 0 Å². The van der Waals surface area contributed by atoms with E-state index in [1.54, 1.807) is 24.3 Å². The number of fused-ring (bicyclic) bond motifs is 1. The number of hydrogen-bond donors (Lipinski definition) is 0. The molecule has 134 valence electrons. The van der Waals surface area contributed by atoms with E-state index in [0.29, 0.717) is 0 Å². The minimum Gasteiger partial charge on any atom is -0.265 e. The van der Waals surface area contributed by atoms with Crippen LogP contribution >= 0.6 is 0 Å². The summed E-state index contributed by atoms with van der Waals surface area (Å²) in [7, 11) is 0. The monoisotopic (exact) mass is 345 g/mol. The molecular weight excluding hydrogens is 318 g/mol. The van der Waals surface area contributed by atoms with E-state index in [-0.39, 0.29) is 0 Å². The lowest BCUT2D eigenvalue weighted by molar-refractivity contribution is 0.540. The Kier molecular flexibility index (Phi) is 8.20. The molecule has 4 rings (SSSR count). The summed E-state index contributed by atoms with van der Waals surface area (Å²) in [5.74, 6) is 0.767. The van der Waals surface area contributed by atoms with Crippen LogP contribution in [0.4, 0.5) is 0 Å². The molecule has 26 heavy (non-hydrogen) atoms. The van der Waals surface area contributed by atoms with Crippen LogP contribution in [0.3, 0.4) is 0 Å². The summed E-state index contributed by atoms with van der Waals surface area (Å²) in [6, 6.07) is 13.6. The molecule has 3 aromatic rings. The predicted molar refractivity (Wildman–Crippen MR) is 110 cm³/mol. The maximum Gasteiger partial charge on any atom is 0.116 e. The van der Waals surface area contributed by atoms with Gasteiger partial charge in [0.2, 0.25) is 0 Å². The molecule has 0 saturated heterocycles. The summed E-state index contributed by atoms with van der Waals surface area (Å²) in [4.78, 5) is 11.8. The van der Waals surface area contributed by atoms with Crippen LogP contribution in [0.1, 0.15) is 33.1 Å². The van der Waals surface area contributed by atoms with E-state index in [1.807, 2.05) is 48.7 Å².